The summed E-state index contributed by atoms with van der Waals surface area (Å²) in [6.07, 6.45) is 0. The first-order valence-corrected chi connectivity index (χ1v) is 9.69. The van der Waals surface area contributed by atoms with Crippen molar-refractivity contribution in [3.05, 3.63) is 45.4 Å². The summed E-state index contributed by atoms with van der Waals surface area (Å²) in [5.74, 6) is 0.928. The van der Waals surface area contributed by atoms with E-state index in [-0.39, 0.29) is 11.8 Å². The summed E-state index contributed by atoms with van der Waals surface area (Å²) < 4.78 is 11.0. The summed E-state index contributed by atoms with van der Waals surface area (Å²) >= 11 is 1.56. The van der Waals surface area contributed by atoms with Gasteiger partial charge in [-0.15, -0.1) is 11.3 Å². The molecule has 6 heteroatoms. The van der Waals surface area contributed by atoms with Crippen molar-refractivity contribution in [2.75, 3.05) is 20.3 Å². The number of nitrogens with zero attached hydrogens (tertiary/aromatic N) is 2. The number of amides is 1. The van der Waals surface area contributed by atoms with E-state index in [9.17, 15) is 4.79 Å². The number of hydrogen-bond acceptors (Lipinski definition) is 5. The highest BCUT2D eigenvalue weighted by atomic mass is 32.1. The zero-order chi connectivity index (χ0) is 19.1. The van der Waals surface area contributed by atoms with Gasteiger partial charge in [0, 0.05) is 25.0 Å². The Labute approximate surface area is 160 Å². The van der Waals surface area contributed by atoms with Gasteiger partial charge in [-0.25, -0.2) is 4.98 Å². The van der Waals surface area contributed by atoms with Gasteiger partial charge in [0.05, 0.1) is 18.8 Å². The number of thiazole rings is 1. The zero-order valence-corrected chi connectivity index (χ0v) is 17.1. The third kappa shape index (κ3) is 6.11. The Balaban J connectivity index is 1.97. The van der Waals surface area contributed by atoms with Crippen molar-refractivity contribution in [3.63, 3.8) is 0 Å². The van der Waals surface area contributed by atoms with Gasteiger partial charge in [-0.1, -0.05) is 19.9 Å². The molecule has 0 radical (unpaired) electrons. The summed E-state index contributed by atoms with van der Waals surface area (Å²) in [6, 6.07) is 6.17. The number of carbonyl (C=O) groups is 1. The number of hydrogen-bond donors (Lipinski definition) is 0. The summed E-state index contributed by atoms with van der Waals surface area (Å²) in [7, 11) is 1.64. The molecule has 0 bridgehead atoms. The third-order valence-electron chi connectivity index (χ3n) is 3.88. The van der Waals surface area contributed by atoms with Crippen LogP contribution in [0.1, 0.15) is 35.7 Å². The fourth-order valence-electron chi connectivity index (χ4n) is 2.68. The van der Waals surface area contributed by atoms with E-state index in [2.05, 4.69) is 24.9 Å². The Morgan fingerprint density at radius 1 is 1.23 bits per heavy atom. The lowest BCUT2D eigenvalue weighted by atomic mass is 10.1. The summed E-state index contributed by atoms with van der Waals surface area (Å²) in [5, 5.41) is 2.90. The molecule has 0 aliphatic heterocycles. The minimum atomic E-state index is -0.0437. The summed E-state index contributed by atoms with van der Waals surface area (Å²) in [5.41, 5.74) is 3.25. The Morgan fingerprint density at radius 2 is 1.92 bits per heavy atom. The quantitative estimate of drug-likeness (QED) is 0.664. The van der Waals surface area contributed by atoms with Crippen molar-refractivity contribution < 1.29 is 14.3 Å². The number of aryl methyl sites for hydroxylation is 2. The molecule has 2 aromatic rings. The first kappa shape index (κ1) is 20.4. The zero-order valence-electron chi connectivity index (χ0n) is 16.2. The maximum absolute atomic E-state index is 12.4. The first-order valence-electron chi connectivity index (χ1n) is 8.81. The van der Waals surface area contributed by atoms with Crippen LogP contribution in [-0.4, -0.2) is 36.1 Å². The highest BCUT2D eigenvalue weighted by Crippen LogP contribution is 2.19. The predicted octanol–water partition coefficient (Wildman–Crippen LogP) is 3.97. The van der Waals surface area contributed by atoms with Crippen LogP contribution in [0.25, 0.3) is 0 Å². The van der Waals surface area contributed by atoms with Crippen LogP contribution in [0.2, 0.25) is 0 Å². The van der Waals surface area contributed by atoms with Gasteiger partial charge in [-0.05, 0) is 37.1 Å². The van der Waals surface area contributed by atoms with Crippen LogP contribution in [0.5, 0.6) is 5.75 Å². The normalized spacial score (nSPS) is 11.0. The number of methoxy groups -OCH3 is 1. The van der Waals surface area contributed by atoms with Gasteiger partial charge < -0.3 is 14.4 Å². The largest absolute Gasteiger partial charge is 0.486 e. The maximum atomic E-state index is 12.4. The molecule has 0 saturated heterocycles. The second-order valence-corrected chi connectivity index (χ2v) is 7.69. The van der Waals surface area contributed by atoms with Crippen LogP contribution in [0.4, 0.5) is 0 Å². The summed E-state index contributed by atoms with van der Waals surface area (Å²) in [4.78, 5) is 18.8. The minimum absolute atomic E-state index is 0.0437. The molecule has 1 aromatic carbocycles. The van der Waals surface area contributed by atoms with E-state index in [0.29, 0.717) is 26.3 Å². The fourth-order valence-corrected chi connectivity index (χ4v) is 3.37. The fraction of sp³-hybridized carbons (Fsp3) is 0.500. The Kier molecular flexibility index (Phi) is 7.60. The number of rotatable bonds is 9. The lowest BCUT2D eigenvalue weighted by molar-refractivity contribution is -0.135. The molecule has 0 N–H and O–H groups in total. The number of aromatic nitrogens is 1. The Bertz CT molecular complexity index is 707. The van der Waals surface area contributed by atoms with Crippen LogP contribution in [-0.2, 0) is 22.7 Å². The molecular weight excluding hydrogens is 348 g/mol. The van der Waals surface area contributed by atoms with Crippen molar-refractivity contribution in [1.29, 1.82) is 0 Å². The highest BCUT2D eigenvalue weighted by molar-refractivity contribution is 7.09. The van der Waals surface area contributed by atoms with Crippen LogP contribution >= 0.6 is 11.3 Å². The smallest absolute Gasteiger partial charge is 0.225 e. The SMILES string of the molecule is COCCN(Cc1csc(COc2cc(C)cc(C)c2)n1)C(=O)C(C)C. The molecule has 2 rings (SSSR count). The monoisotopic (exact) mass is 376 g/mol. The van der Waals surface area contributed by atoms with Gasteiger partial charge in [0.25, 0.3) is 0 Å². The molecule has 0 aliphatic rings. The van der Waals surface area contributed by atoms with Crippen molar-refractivity contribution in [2.24, 2.45) is 5.92 Å². The van der Waals surface area contributed by atoms with E-state index in [4.69, 9.17) is 9.47 Å². The molecule has 0 aliphatic carbocycles. The molecule has 5 nitrogen and oxygen atoms in total. The molecule has 0 unspecified atom stereocenters. The van der Waals surface area contributed by atoms with Gasteiger partial charge in [0.1, 0.15) is 17.4 Å². The molecule has 142 valence electrons. The van der Waals surface area contributed by atoms with Crippen LogP contribution in [0, 0.1) is 19.8 Å². The second kappa shape index (κ2) is 9.69. The third-order valence-corrected chi connectivity index (χ3v) is 4.75. The number of benzene rings is 1. The average molecular weight is 377 g/mol. The molecule has 0 saturated carbocycles. The van der Waals surface area contributed by atoms with Gasteiger partial charge in [-0.3, -0.25) is 4.79 Å². The topological polar surface area (TPSA) is 51.7 Å². The van der Waals surface area contributed by atoms with Gasteiger partial charge >= 0.3 is 0 Å². The lowest BCUT2D eigenvalue weighted by Gasteiger charge is -2.23. The Hall–Kier alpha value is -1.92. The summed E-state index contributed by atoms with van der Waals surface area (Å²) in [6.45, 7) is 9.96. The van der Waals surface area contributed by atoms with Gasteiger partial charge in [0.2, 0.25) is 5.91 Å². The second-order valence-electron chi connectivity index (χ2n) is 6.75. The molecule has 0 spiro atoms. The van der Waals surface area contributed by atoms with E-state index in [1.807, 2.05) is 31.4 Å². The van der Waals surface area contributed by atoms with Gasteiger partial charge in [0.15, 0.2) is 0 Å². The number of carbonyl (C=O) groups excluding carboxylic acids is 1. The van der Waals surface area contributed by atoms with Gasteiger partial charge in [-0.2, -0.15) is 0 Å². The van der Waals surface area contributed by atoms with E-state index in [1.54, 1.807) is 23.3 Å². The molecule has 1 heterocycles. The van der Waals surface area contributed by atoms with Crippen molar-refractivity contribution in [2.45, 2.75) is 40.8 Å². The van der Waals surface area contributed by atoms with E-state index in [0.717, 1.165) is 16.5 Å². The average Bonchev–Trinajstić information content (AvgIpc) is 3.02. The maximum Gasteiger partial charge on any atom is 0.225 e. The van der Waals surface area contributed by atoms with Crippen molar-refractivity contribution >= 4 is 17.2 Å². The standard InChI is InChI=1S/C20H28N2O3S/c1-14(2)20(23)22(6-7-24-5)11-17-13-26-19(21-17)12-25-18-9-15(3)8-16(4)10-18/h8-10,13-14H,6-7,11-12H2,1-5H3. The van der Waals surface area contributed by atoms with E-state index in [1.165, 1.54) is 11.1 Å². The number of ether oxygens (including phenoxy) is 2. The minimum Gasteiger partial charge on any atom is -0.486 e. The van der Waals surface area contributed by atoms with Crippen LogP contribution in [0.15, 0.2) is 23.6 Å². The van der Waals surface area contributed by atoms with Crippen molar-refractivity contribution in [3.8, 4) is 5.75 Å². The molecular formula is C20H28N2O3S. The van der Waals surface area contributed by atoms with Crippen LogP contribution < -0.4 is 4.74 Å². The molecule has 26 heavy (non-hydrogen) atoms. The lowest BCUT2D eigenvalue weighted by Crippen LogP contribution is -2.36. The molecule has 1 aromatic heterocycles. The highest BCUT2D eigenvalue weighted by Gasteiger charge is 2.18. The first-order chi connectivity index (χ1) is 12.4. The Morgan fingerprint density at radius 3 is 2.54 bits per heavy atom. The van der Waals surface area contributed by atoms with Crippen LogP contribution in [0.3, 0.4) is 0 Å². The molecule has 1 amide bonds. The van der Waals surface area contributed by atoms with E-state index >= 15 is 0 Å². The predicted molar refractivity (Wildman–Crippen MR) is 104 cm³/mol. The van der Waals surface area contributed by atoms with Crippen molar-refractivity contribution in [1.82, 2.24) is 9.88 Å². The van der Waals surface area contributed by atoms with E-state index < -0.39 is 0 Å². The molecule has 0 atom stereocenters. The molecule has 0 fully saturated rings.